The number of halogens is 1. The number of aromatic nitrogens is 3. The van der Waals surface area contributed by atoms with Crippen LogP contribution in [0.25, 0.3) is 0 Å². The molecular formula is C11H18ClN3O. The van der Waals surface area contributed by atoms with Crippen LogP contribution in [-0.4, -0.2) is 28.0 Å². The normalized spacial score (nSPS) is 26.3. The van der Waals surface area contributed by atoms with Gasteiger partial charge in [0.15, 0.2) is 0 Å². The highest BCUT2D eigenvalue weighted by Crippen LogP contribution is 2.34. The molecule has 0 saturated carbocycles. The summed E-state index contributed by atoms with van der Waals surface area (Å²) in [6, 6.07) is 0. The van der Waals surface area contributed by atoms with Gasteiger partial charge in [0.2, 0.25) is 5.28 Å². The SMILES string of the molecule is CC(C)(C)c1nnc(Cl)n1C1(C)CCOC1. The highest BCUT2D eigenvalue weighted by Gasteiger charge is 2.38. The van der Waals surface area contributed by atoms with E-state index >= 15 is 0 Å². The van der Waals surface area contributed by atoms with Crippen molar-refractivity contribution in [2.75, 3.05) is 13.2 Å². The van der Waals surface area contributed by atoms with Crippen LogP contribution in [0.15, 0.2) is 0 Å². The smallest absolute Gasteiger partial charge is 0.225 e. The zero-order valence-corrected chi connectivity index (χ0v) is 11.0. The standard InChI is InChI=1S/C11H18ClN3O/c1-10(2,3)8-13-14-9(12)15(8)11(4)5-6-16-7-11/h5-7H2,1-4H3. The van der Waals surface area contributed by atoms with Crippen molar-refractivity contribution in [3.63, 3.8) is 0 Å². The minimum absolute atomic E-state index is 0.0637. The molecule has 1 fully saturated rings. The van der Waals surface area contributed by atoms with Gasteiger partial charge in [-0.2, -0.15) is 0 Å². The molecule has 2 rings (SSSR count). The third-order valence-corrected chi connectivity index (χ3v) is 3.28. The summed E-state index contributed by atoms with van der Waals surface area (Å²) < 4.78 is 7.50. The maximum absolute atomic E-state index is 6.15. The van der Waals surface area contributed by atoms with E-state index in [9.17, 15) is 0 Å². The molecular weight excluding hydrogens is 226 g/mol. The topological polar surface area (TPSA) is 39.9 Å². The number of hydrogen-bond acceptors (Lipinski definition) is 3. The Morgan fingerprint density at radius 2 is 2.06 bits per heavy atom. The number of rotatable bonds is 1. The molecule has 1 aliphatic rings. The summed E-state index contributed by atoms with van der Waals surface area (Å²) in [5.41, 5.74) is -0.172. The van der Waals surface area contributed by atoms with Gasteiger partial charge in [0.25, 0.3) is 0 Å². The van der Waals surface area contributed by atoms with Crippen molar-refractivity contribution in [1.82, 2.24) is 14.8 Å². The van der Waals surface area contributed by atoms with Gasteiger partial charge >= 0.3 is 0 Å². The van der Waals surface area contributed by atoms with E-state index in [-0.39, 0.29) is 11.0 Å². The Bertz CT molecular complexity index is 388. The van der Waals surface area contributed by atoms with Crippen molar-refractivity contribution in [2.24, 2.45) is 0 Å². The summed E-state index contributed by atoms with van der Waals surface area (Å²) in [6.45, 7) is 9.93. The van der Waals surface area contributed by atoms with Crippen molar-refractivity contribution < 1.29 is 4.74 Å². The van der Waals surface area contributed by atoms with Crippen LogP contribution < -0.4 is 0 Å². The lowest BCUT2D eigenvalue weighted by Gasteiger charge is -2.30. The summed E-state index contributed by atoms with van der Waals surface area (Å²) in [4.78, 5) is 0. The Morgan fingerprint density at radius 3 is 2.56 bits per heavy atom. The van der Waals surface area contributed by atoms with E-state index < -0.39 is 0 Å². The summed E-state index contributed by atoms with van der Waals surface area (Å²) in [6.07, 6.45) is 0.952. The summed E-state index contributed by atoms with van der Waals surface area (Å²) in [7, 11) is 0. The minimum Gasteiger partial charge on any atom is -0.379 e. The van der Waals surface area contributed by atoms with E-state index in [0.717, 1.165) is 18.9 Å². The van der Waals surface area contributed by atoms with Gasteiger partial charge in [-0.15, -0.1) is 10.2 Å². The quantitative estimate of drug-likeness (QED) is 0.760. The van der Waals surface area contributed by atoms with E-state index in [4.69, 9.17) is 16.3 Å². The molecule has 0 aromatic carbocycles. The van der Waals surface area contributed by atoms with Gasteiger partial charge in [-0.05, 0) is 24.9 Å². The Morgan fingerprint density at radius 1 is 1.38 bits per heavy atom. The van der Waals surface area contributed by atoms with E-state index in [0.29, 0.717) is 11.9 Å². The molecule has 1 unspecified atom stereocenters. The molecule has 90 valence electrons. The summed E-state index contributed by atoms with van der Waals surface area (Å²) in [5, 5.41) is 8.65. The molecule has 5 heteroatoms. The Labute approximate surface area is 101 Å². The van der Waals surface area contributed by atoms with Crippen molar-refractivity contribution in [2.45, 2.75) is 45.1 Å². The Balaban J connectivity index is 2.51. The van der Waals surface area contributed by atoms with Crippen LogP contribution >= 0.6 is 11.6 Å². The van der Waals surface area contributed by atoms with Crippen molar-refractivity contribution in [3.05, 3.63) is 11.1 Å². The molecule has 4 nitrogen and oxygen atoms in total. The Hall–Kier alpha value is -0.610. The third kappa shape index (κ3) is 1.84. The molecule has 1 aromatic heterocycles. The second kappa shape index (κ2) is 3.70. The maximum atomic E-state index is 6.15. The highest BCUT2D eigenvalue weighted by atomic mass is 35.5. The van der Waals surface area contributed by atoms with Crippen LogP contribution in [0.4, 0.5) is 0 Å². The molecule has 0 bridgehead atoms. The van der Waals surface area contributed by atoms with Crippen LogP contribution in [-0.2, 0) is 15.7 Å². The van der Waals surface area contributed by atoms with Crippen molar-refractivity contribution >= 4 is 11.6 Å². The molecule has 1 aliphatic heterocycles. The lowest BCUT2D eigenvalue weighted by atomic mass is 9.93. The monoisotopic (exact) mass is 243 g/mol. The lowest BCUT2D eigenvalue weighted by molar-refractivity contribution is 0.158. The molecule has 0 aliphatic carbocycles. The fraction of sp³-hybridized carbons (Fsp3) is 0.818. The van der Waals surface area contributed by atoms with E-state index in [1.807, 2.05) is 4.57 Å². The second-order valence-electron chi connectivity index (χ2n) is 5.68. The Kier molecular flexibility index (Phi) is 2.75. The third-order valence-electron chi connectivity index (χ3n) is 3.03. The van der Waals surface area contributed by atoms with Crippen molar-refractivity contribution in [1.29, 1.82) is 0 Å². The van der Waals surface area contributed by atoms with E-state index in [1.54, 1.807) is 0 Å². The van der Waals surface area contributed by atoms with Gasteiger partial charge < -0.3 is 4.74 Å². The molecule has 16 heavy (non-hydrogen) atoms. The fourth-order valence-electron chi connectivity index (χ4n) is 2.06. The average Bonchev–Trinajstić information content (AvgIpc) is 2.71. The first-order chi connectivity index (χ1) is 7.34. The average molecular weight is 244 g/mol. The molecule has 0 N–H and O–H groups in total. The van der Waals surface area contributed by atoms with E-state index in [1.165, 1.54) is 0 Å². The number of ether oxygens (including phenoxy) is 1. The van der Waals surface area contributed by atoms with Gasteiger partial charge in [-0.1, -0.05) is 20.8 Å². The van der Waals surface area contributed by atoms with Crippen LogP contribution in [0.3, 0.4) is 0 Å². The minimum atomic E-state index is -0.108. The zero-order chi connectivity index (χ0) is 12.0. The zero-order valence-electron chi connectivity index (χ0n) is 10.2. The van der Waals surface area contributed by atoms with Crippen LogP contribution in [0.5, 0.6) is 0 Å². The molecule has 0 spiro atoms. The van der Waals surface area contributed by atoms with E-state index in [2.05, 4.69) is 37.9 Å². The van der Waals surface area contributed by atoms with Gasteiger partial charge in [0.05, 0.1) is 12.1 Å². The second-order valence-corrected chi connectivity index (χ2v) is 6.02. The first kappa shape index (κ1) is 11.9. The van der Waals surface area contributed by atoms with Gasteiger partial charge in [0, 0.05) is 12.0 Å². The van der Waals surface area contributed by atoms with Gasteiger partial charge in [-0.25, -0.2) is 0 Å². The predicted molar refractivity (Wildman–Crippen MR) is 62.8 cm³/mol. The molecule has 2 heterocycles. The largest absolute Gasteiger partial charge is 0.379 e. The lowest BCUT2D eigenvalue weighted by Crippen LogP contribution is -2.35. The van der Waals surface area contributed by atoms with Crippen molar-refractivity contribution in [3.8, 4) is 0 Å². The summed E-state index contributed by atoms with van der Waals surface area (Å²) in [5.74, 6) is 0.922. The van der Waals surface area contributed by atoms with Crippen LogP contribution in [0.1, 0.15) is 39.9 Å². The number of hydrogen-bond donors (Lipinski definition) is 0. The fourth-order valence-corrected chi connectivity index (χ4v) is 2.38. The summed E-state index contributed by atoms with van der Waals surface area (Å²) >= 11 is 6.15. The first-order valence-corrected chi connectivity index (χ1v) is 5.92. The predicted octanol–water partition coefficient (Wildman–Crippen LogP) is 2.36. The number of nitrogens with zero attached hydrogens (tertiary/aromatic N) is 3. The first-order valence-electron chi connectivity index (χ1n) is 5.54. The molecule has 0 amide bonds. The van der Waals surface area contributed by atoms with Gasteiger partial charge in [0.1, 0.15) is 5.82 Å². The van der Waals surface area contributed by atoms with Crippen LogP contribution in [0, 0.1) is 0 Å². The molecule has 1 atom stereocenters. The maximum Gasteiger partial charge on any atom is 0.225 e. The molecule has 1 aromatic rings. The highest BCUT2D eigenvalue weighted by molar-refractivity contribution is 6.28. The molecule has 0 radical (unpaired) electrons. The van der Waals surface area contributed by atoms with Gasteiger partial charge in [-0.3, -0.25) is 4.57 Å². The van der Waals surface area contributed by atoms with Crippen LogP contribution in [0.2, 0.25) is 5.28 Å². The molecule has 1 saturated heterocycles.